The number of nitrogen functional groups attached to an aromatic ring is 1. The molecule has 0 aliphatic carbocycles. The molecule has 106 valence electrons. The number of hydrogen-bond donors (Lipinski definition) is 1. The van der Waals surface area contributed by atoms with Crippen LogP contribution in [0.25, 0.3) is 0 Å². The van der Waals surface area contributed by atoms with Crippen molar-refractivity contribution in [3.63, 3.8) is 0 Å². The van der Waals surface area contributed by atoms with E-state index in [0.29, 0.717) is 23.7 Å². The first kappa shape index (κ1) is 14.3. The van der Waals surface area contributed by atoms with Gasteiger partial charge in [-0.2, -0.15) is 4.31 Å². The first-order chi connectivity index (χ1) is 9.00. The monoisotopic (exact) mass is 282 g/mol. The van der Waals surface area contributed by atoms with Gasteiger partial charge < -0.3 is 5.73 Å². The molecule has 4 nitrogen and oxygen atoms in total. The fraction of sp³-hybridized carbons (Fsp3) is 0.571. The summed E-state index contributed by atoms with van der Waals surface area (Å²) in [6.45, 7) is 3.11. The number of rotatable bonds is 2. The van der Waals surface area contributed by atoms with Gasteiger partial charge in [-0.1, -0.05) is 19.3 Å². The highest BCUT2D eigenvalue weighted by Gasteiger charge is 2.24. The second-order valence-electron chi connectivity index (χ2n) is 5.25. The molecule has 1 fully saturated rings. The minimum atomic E-state index is -3.39. The van der Waals surface area contributed by atoms with Crippen molar-refractivity contribution in [3.05, 3.63) is 23.8 Å². The standard InChI is InChI=1S/C14H22N2O2S/c1-12-9-13(15)11-14(10-12)19(17,18)16-7-5-3-2-4-6-8-16/h9-11H,2-8,15H2,1H3. The van der Waals surface area contributed by atoms with Crippen LogP contribution in [0.1, 0.15) is 37.7 Å². The highest BCUT2D eigenvalue weighted by molar-refractivity contribution is 7.89. The van der Waals surface area contributed by atoms with Gasteiger partial charge in [0, 0.05) is 18.8 Å². The first-order valence-electron chi connectivity index (χ1n) is 6.87. The number of nitrogens with zero attached hydrogens (tertiary/aromatic N) is 1. The molecule has 1 heterocycles. The minimum Gasteiger partial charge on any atom is -0.399 e. The molecule has 19 heavy (non-hydrogen) atoms. The summed E-state index contributed by atoms with van der Waals surface area (Å²) >= 11 is 0. The van der Waals surface area contributed by atoms with Gasteiger partial charge in [0.05, 0.1) is 4.90 Å². The van der Waals surface area contributed by atoms with Gasteiger partial charge in [-0.05, 0) is 43.5 Å². The van der Waals surface area contributed by atoms with Gasteiger partial charge in [0.2, 0.25) is 10.0 Å². The summed E-state index contributed by atoms with van der Waals surface area (Å²) in [5, 5.41) is 0. The van der Waals surface area contributed by atoms with E-state index in [2.05, 4.69) is 0 Å². The van der Waals surface area contributed by atoms with Crippen molar-refractivity contribution in [3.8, 4) is 0 Å². The lowest BCUT2D eigenvalue weighted by Gasteiger charge is -2.24. The van der Waals surface area contributed by atoms with Gasteiger partial charge in [-0.15, -0.1) is 0 Å². The van der Waals surface area contributed by atoms with Crippen LogP contribution in [0.15, 0.2) is 23.1 Å². The van der Waals surface area contributed by atoms with Crippen LogP contribution < -0.4 is 5.73 Å². The summed E-state index contributed by atoms with van der Waals surface area (Å²) in [5.74, 6) is 0. The predicted octanol–water partition coefficient (Wildman–Crippen LogP) is 2.53. The number of aryl methyl sites for hydroxylation is 1. The SMILES string of the molecule is Cc1cc(N)cc(S(=O)(=O)N2CCCCCCC2)c1. The van der Waals surface area contributed by atoms with Crippen molar-refractivity contribution in [1.82, 2.24) is 4.31 Å². The van der Waals surface area contributed by atoms with Gasteiger partial charge >= 0.3 is 0 Å². The number of anilines is 1. The Morgan fingerprint density at radius 3 is 2.16 bits per heavy atom. The summed E-state index contributed by atoms with van der Waals surface area (Å²) < 4.78 is 26.9. The molecule has 0 amide bonds. The van der Waals surface area contributed by atoms with E-state index in [1.54, 1.807) is 22.5 Å². The highest BCUT2D eigenvalue weighted by atomic mass is 32.2. The zero-order valence-corrected chi connectivity index (χ0v) is 12.2. The van der Waals surface area contributed by atoms with E-state index in [4.69, 9.17) is 5.73 Å². The Balaban J connectivity index is 2.29. The van der Waals surface area contributed by atoms with Crippen molar-refractivity contribution >= 4 is 15.7 Å². The van der Waals surface area contributed by atoms with Crippen LogP contribution in [0.4, 0.5) is 5.69 Å². The molecule has 1 aromatic rings. The Bertz CT molecular complexity index is 512. The van der Waals surface area contributed by atoms with Crippen LogP contribution in [-0.4, -0.2) is 25.8 Å². The van der Waals surface area contributed by atoms with Gasteiger partial charge in [-0.25, -0.2) is 8.42 Å². The van der Waals surface area contributed by atoms with Gasteiger partial charge in [0.25, 0.3) is 0 Å². The summed E-state index contributed by atoms with van der Waals surface area (Å²) in [6.07, 6.45) is 5.33. The third-order valence-electron chi connectivity index (χ3n) is 3.53. The molecule has 2 N–H and O–H groups in total. The number of nitrogens with two attached hydrogens (primary N) is 1. The Kier molecular flexibility index (Phi) is 4.47. The predicted molar refractivity (Wildman–Crippen MR) is 77.4 cm³/mol. The third kappa shape index (κ3) is 3.48. The fourth-order valence-corrected chi connectivity index (χ4v) is 4.19. The zero-order chi connectivity index (χ0) is 13.9. The number of benzene rings is 1. The van der Waals surface area contributed by atoms with Crippen molar-refractivity contribution in [2.45, 2.75) is 43.9 Å². The molecule has 1 aliphatic heterocycles. The molecule has 1 aliphatic rings. The molecule has 2 rings (SSSR count). The Morgan fingerprint density at radius 1 is 1.00 bits per heavy atom. The van der Waals surface area contributed by atoms with E-state index in [-0.39, 0.29) is 0 Å². The lowest BCUT2D eigenvalue weighted by atomic mass is 10.1. The van der Waals surface area contributed by atoms with Crippen molar-refractivity contribution in [2.75, 3.05) is 18.8 Å². The van der Waals surface area contributed by atoms with Crippen molar-refractivity contribution in [1.29, 1.82) is 0 Å². The highest BCUT2D eigenvalue weighted by Crippen LogP contribution is 2.22. The largest absolute Gasteiger partial charge is 0.399 e. The molecule has 0 bridgehead atoms. The average molecular weight is 282 g/mol. The molecule has 5 heteroatoms. The Morgan fingerprint density at radius 2 is 1.58 bits per heavy atom. The molecule has 0 aromatic heterocycles. The van der Waals surface area contributed by atoms with Crippen LogP contribution in [0.3, 0.4) is 0 Å². The molecule has 1 aromatic carbocycles. The summed E-state index contributed by atoms with van der Waals surface area (Å²) in [6, 6.07) is 5.04. The number of hydrogen-bond acceptors (Lipinski definition) is 3. The van der Waals surface area contributed by atoms with E-state index in [1.165, 1.54) is 6.42 Å². The molecule has 0 spiro atoms. The summed E-state index contributed by atoms with van der Waals surface area (Å²) in [5.41, 5.74) is 7.14. The fourth-order valence-electron chi connectivity index (χ4n) is 2.53. The van der Waals surface area contributed by atoms with E-state index >= 15 is 0 Å². The average Bonchev–Trinajstić information content (AvgIpc) is 2.26. The van der Waals surface area contributed by atoms with Crippen molar-refractivity contribution in [2.24, 2.45) is 0 Å². The van der Waals surface area contributed by atoms with Crippen LogP contribution in [0, 0.1) is 6.92 Å². The van der Waals surface area contributed by atoms with E-state index in [1.807, 2.05) is 6.92 Å². The third-order valence-corrected chi connectivity index (χ3v) is 5.40. The summed E-state index contributed by atoms with van der Waals surface area (Å²) in [7, 11) is -3.39. The van der Waals surface area contributed by atoms with Crippen LogP contribution in [0.5, 0.6) is 0 Å². The quantitative estimate of drug-likeness (QED) is 0.848. The van der Waals surface area contributed by atoms with Crippen molar-refractivity contribution < 1.29 is 8.42 Å². The van der Waals surface area contributed by atoms with E-state index in [9.17, 15) is 8.42 Å². The van der Waals surface area contributed by atoms with Crippen LogP contribution in [0.2, 0.25) is 0 Å². The van der Waals surface area contributed by atoms with E-state index in [0.717, 1.165) is 31.2 Å². The smallest absolute Gasteiger partial charge is 0.243 e. The normalized spacial score (nSPS) is 18.8. The molecule has 0 unspecified atom stereocenters. The molecule has 1 saturated heterocycles. The van der Waals surface area contributed by atoms with Gasteiger partial charge in [-0.3, -0.25) is 0 Å². The topological polar surface area (TPSA) is 63.4 Å². The maximum atomic E-state index is 12.6. The zero-order valence-electron chi connectivity index (χ0n) is 11.4. The Hall–Kier alpha value is -1.07. The van der Waals surface area contributed by atoms with Crippen LogP contribution >= 0.6 is 0 Å². The molecule has 0 saturated carbocycles. The maximum Gasteiger partial charge on any atom is 0.243 e. The molecular formula is C14H22N2O2S. The van der Waals surface area contributed by atoms with Gasteiger partial charge in [0.15, 0.2) is 0 Å². The first-order valence-corrected chi connectivity index (χ1v) is 8.31. The molecule has 0 atom stereocenters. The minimum absolute atomic E-state index is 0.325. The summed E-state index contributed by atoms with van der Waals surface area (Å²) in [4.78, 5) is 0.325. The second kappa shape index (κ2) is 5.92. The maximum absolute atomic E-state index is 12.6. The van der Waals surface area contributed by atoms with E-state index < -0.39 is 10.0 Å². The Labute approximate surface area is 115 Å². The molecular weight excluding hydrogens is 260 g/mol. The van der Waals surface area contributed by atoms with Gasteiger partial charge in [0.1, 0.15) is 0 Å². The second-order valence-corrected chi connectivity index (χ2v) is 7.19. The number of sulfonamides is 1. The molecule has 0 radical (unpaired) electrons. The van der Waals surface area contributed by atoms with Crippen LogP contribution in [-0.2, 0) is 10.0 Å². The lowest BCUT2D eigenvalue weighted by molar-refractivity contribution is 0.364. The lowest BCUT2D eigenvalue weighted by Crippen LogP contribution is -2.33.